The quantitative estimate of drug-likeness (QED) is 0.678. The molecule has 1 aliphatic rings. The van der Waals surface area contributed by atoms with Gasteiger partial charge in [-0.2, -0.15) is 21.9 Å². The van der Waals surface area contributed by atoms with Gasteiger partial charge in [0, 0.05) is 36.7 Å². The highest BCUT2D eigenvalue weighted by Crippen LogP contribution is 2.56. The van der Waals surface area contributed by atoms with E-state index in [0.29, 0.717) is 0 Å². The maximum Gasteiger partial charge on any atom is 0.340 e. The monoisotopic (exact) mass is 444 g/mol. The van der Waals surface area contributed by atoms with Crippen LogP contribution in [-0.2, 0) is 21.9 Å². The lowest BCUT2D eigenvalue weighted by Gasteiger charge is -2.27. The third-order valence-electron chi connectivity index (χ3n) is 5.56. The largest absolute Gasteiger partial charge is 0.340 e. The Morgan fingerprint density at radius 1 is 0.933 bits per heavy atom. The van der Waals surface area contributed by atoms with E-state index in [0.717, 1.165) is 24.3 Å². The lowest BCUT2D eigenvalue weighted by molar-refractivity contribution is -0.223. The minimum Gasteiger partial charge on any atom is -0.319 e. The summed E-state index contributed by atoms with van der Waals surface area (Å²) in [4.78, 5) is -0.190. The molecule has 4 nitrogen and oxygen atoms in total. The Hall–Kier alpha value is -1.97. The first-order valence-corrected chi connectivity index (χ1v) is 11.1. The maximum absolute atomic E-state index is 15.1. The van der Waals surface area contributed by atoms with Gasteiger partial charge < -0.3 is 5.32 Å². The zero-order chi connectivity index (χ0) is 22.3. The minimum absolute atomic E-state index is 0.0488. The number of rotatable bonds is 6. The van der Waals surface area contributed by atoms with Gasteiger partial charge >= 0.3 is 11.8 Å². The summed E-state index contributed by atoms with van der Waals surface area (Å²) in [6.45, 7) is 3.82. The smallest absolute Gasteiger partial charge is 0.319 e. The first kappa shape index (κ1) is 22.7. The van der Waals surface area contributed by atoms with Crippen molar-refractivity contribution in [2.75, 3.05) is 26.7 Å². The van der Waals surface area contributed by atoms with Crippen molar-refractivity contribution in [2.24, 2.45) is 0 Å². The van der Waals surface area contributed by atoms with Crippen LogP contribution >= 0.6 is 0 Å². The molecule has 0 saturated heterocycles. The summed E-state index contributed by atoms with van der Waals surface area (Å²) >= 11 is 0. The van der Waals surface area contributed by atoms with Crippen molar-refractivity contribution < 1.29 is 26.0 Å². The van der Waals surface area contributed by atoms with Gasteiger partial charge in [0.15, 0.2) is 0 Å². The third kappa shape index (κ3) is 3.33. The third-order valence-corrected chi connectivity index (χ3v) is 7.60. The molecule has 0 bridgehead atoms. The molecule has 0 saturated carbocycles. The number of hydrogen-bond donors (Lipinski definition) is 1. The Morgan fingerprint density at radius 3 is 2.07 bits per heavy atom. The fourth-order valence-electron chi connectivity index (χ4n) is 4.00. The highest BCUT2D eigenvalue weighted by molar-refractivity contribution is 7.89. The molecule has 1 atom stereocenters. The number of nitrogens with zero attached hydrogens (tertiary/aromatic N) is 1. The molecule has 2 aromatic rings. The number of nitrogens with one attached hydrogen (secondary N) is 1. The van der Waals surface area contributed by atoms with Crippen LogP contribution in [0.1, 0.15) is 42.0 Å². The molecule has 0 amide bonds. The number of halogens is 4. The van der Waals surface area contributed by atoms with Gasteiger partial charge in [0.1, 0.15) is 0 Å². The molecule has 0 fully saturated rings. The molecule has 9 heteroatoms. The van der Waals surface area contributed by atoms with Crippen molar-refractivity contribution in [1.82, 2.24) is 9.62 Å². The van der Waals surface area contributed by atoms with Crippen LogP contribution in [0, 0.1) is 0 Å². The van der Waals surface area contributed by atoms with Gasteiger partial charge in [-0.05, 0) is 30.3 Å². The maximum atomic E-state index is 15.1. The Balaban J connectivity index is 2.35. The highest BCUT2D eigenvalue weighted by atomic mass is 32.2. The highest BCUT2D eigenvalue weighted by Gasteiger charge is 2.62. The molecule has 3 rings (SSSR count). The summed E-state index contributed by atoms with van der Waals surface area (Å²) in [5.41, 5.74) is -1.68. The molecule has 164 valence electrons. The molecule has 0 aromatic heterocycles. The van der Waals surface area contributed by atoms with Crippen LogP contribution in [0.15, 0.2) is 47.4 Å². The average Bonchev–Trinajstić information content (AvgIpc) is 2.76. The second-order valence-corrected chi connectivity index (χ2v) is 9.12. The molecular weight excluding hydrogens is 420 g/mol. The Morgan fingerprint density at radius 2 is 1.50 bits per heavy atom. The van der Waals surface area contributed by atoms with E-state index in [2.05, 4.69) is 5.32 Å². The predicted molar refractivity (Wildman–Crippen MR) is 107 cm³/mol. The predicted octanol–water partition coefficient (Wildman–Crippen LogP) is 4.27. The van der Waals surface area contributed by atoms with E-state index in [-0.39, 0.29) is 35.7 Å². The molecule has 2 aromatic carbocycles. The lowest BCUT2D eigenvalue weighted by atomic mass is 9.88. The van der Waals surface area contributed by atoms with Gasteiger partial charge in [-0.15, -0.1) is 0 Å². The van der Waals surface area contributed by atoms with Crippen LogP contribution in [0.25, 0.3) is 0 Å². The summed E-state index contributed by atoms with van der Waals surface area (Å²) in [6.07, 6.45) is 0. The molecule has 0 spiro atoms. The van der Waals surface area contributed by atoms with E-state index >= 15 is 17.6 Å². The summed E-state index contributed by atoms with van der Waals surface area (Å²) in [5.74, 6) is -9.81. The van der Waals surface area contributed by atoms with Crippen molar-refractivity contribution in [1.29, 1.82) is 0 Å². The number of fused-ring (bicyclic) bond motifs is 2. The summed E-state index contributed by atoms with van der Waals surface area (Å²) < 4.78 is 87.3. The van der Waals surface area contributed by atoms with Crippen LogP contribution in [0.5, 0.6) is 0 Å². The molecule has 1 N–H and O–H groups in total. The van der Waals surface area contributed by atoms with E-state index in [1.54, 1.807) is 20.9 Å². The van der Waals surface area contributed by atoms with Crippen molar-refractivity contribution in [3.05, 3.63) is 64.7 Å². The number of hydrogen-bond acceptors (Lipinski definition) is 3. The van der Waals surface area contributed by atoms with Crippen LogP contribution in [0.3, 0.4) is 0 Å². The van der Waals surface area contributed by atoms with Gasteiger partial charge in [0.05, 0.1) is 4.90 Å². The minimum atomic E-state index is -4.50. The summed E-state index contributed by atoms with van der Waals surface area (Å²) in [6, 6.07) is 8.14. The molecule has 30 heavy (non-hydrogen) atoms. The van der Waals surface area contributed by atoms with Crippen molar-refractivity contribution in [3.63, 3.8) is 0 Å². The normalized spacial score (nSPS) is 19.8. The second-order valence-electron chi connectivity index (χ2n) is 7.18. The molecule has 0 aliphatic heterocycles. The number of sulfonamides is 1. The number of likely N-dealkylation sites (N-methyl/N-ethyl adjacent to an activating group) is 1. The van der Waals surface area contributed by atoms with E-state index in [4.69, 9.17) is 0 Å². The molecular formula is C21H24F4N2O2S. The fourth-order valence-corrected chi connectivity index (χ4v) is 5.50. The first-order valence-electron chi connectivity index (χ1n) is 9.68. The molecule has 0 heterocycles. The summed E-state index contributed by atoms with van der Waals surface area (Å²) in [7, 11) is -2.36. The Bertz CT molecular complexity index is 1040. The molecule has 1 aliphatic carbocycles. The molecule has 1 unspecified atom stereocenters. The molecule has 0 radical (unpaired) electrons. The number of alkyl halides is 4. The van der Waals surface area contributed by atoms with E-state index in [1.807, 2.05) is 0 Å². The average molecular weight is 444 g/mol. The van der Waals surface area contributed by atoms with E-state index in [1.165, 1.54) is 22.5 Å². The van der Waals surface area contributed by atoms with Crippen LogP contribution in [-0.4, -0.2) is 39.4 Å². The van der Waals surface area contributed by atoms with Crippen molar-refractivity contribution >= 4 is 10.0 Å². The van der Waals surface area contributed by atoms with Crippen LogP contribution < -0.4 is 5.32 Å². The van der Waals surface area contributed by atoms with Crippen molar-refractivity contribution in [3.8, 4) is 0 Å². The van der Waals surface area contributed by atoms with Crippen molar-refractivity contribution in [2.45, 2.75) is 36.5 Å². The van der Waals surface area contributed by atoms with E-state index in [9.17, 15) is 8.42 Å². The zero-order valence-corrected chi connectivity index (χ0v) is 17.7. The zero-order valence-electron chi connectivity index (χ0n) is 16.9. The van der Waals surface area contributed by atoms with Crippen LogP contribution in [0.4, 0.5) is 17.6 Å². The lowest BCUT2D eigenvalue weighted by Crippen LogP contribution is -2.35. The van der Waals surface area contributed by atoms with Gasteiger partial charge in [-0.3, -0.25) is 0 Å². The second kappa shape index (κ2) is 7.94. The topological polar surface area (TPSA) is 49.4 Å². The van der Waals surface area contributed by atoms with Gasteiger partial charge in [0.25, 0.3) is 0 Å². The fraction of sp³-hybridized carbons (Fsp3) is 0.429. The van der Waals surface area contributed by atoms with E-state index < -0.39 is 38.9 Å². The van der Waals surface area contributed by atoms with Gasteiger partial charge in [0.2, 0.25) is 10.0 Å². The Labute approximate surface area is 173 Å². The van der Waals surface area contributed by atoms with Gasteiger partial charge in [-0.1, -0.05) is 44.2 Å². The Kier molecular flexibility index (Phi) is 6.01. The standard InChI is InChI=1S/C21H24F4N2O2S/c1-4-27(5-2)30(28,29)14-10-11-19-16(12-14)17(13-26-3)15-8-6-7-9-18(15)20(22,23)21(19,24)25/h6-12,17,26H,4-5,13H2,1-3H3. The number of benzene rings is 2. The first-order chi connectivity index (χ1) is 14.0. The SMILES string of the molecule is CCN(CC)S(=O)(=O)c1ccc2c(c1)C(CNC)c1ccccc1C(F)(F)C2(F)F. The van der Waals surface area contributed by atoms with Gasteiger partial charge in [-0.25, -0.2) is 8.42 Å². The van der Waals surface area contributed by atoms with Crippen LogP contribution in [0.2, 0.25) is 0 Å². The summed E-state index contributed by atoms with van der Waals surface area (Å²) in [5, 5.41) is 2.86.